The van der Waals surface area contributed by atoms with Crippen molar-refractivity contribution in [3.63, 3.8) is 0 Å². The Bertz CT molecular complexity index is 261. The third-order valence-electron chi connectivity index (χ3n) is 2.04. The molecule has 1 aromatic rings. The third kappa shape index (κ3) is 3.41. The Labute approximate surface area is 79.1 Å². The second-order valence-corrected chi connectivity index (χ2v) is 3.41. The fourth-order valence-corrected chi connectivity index (χ4v) is 1.34. The van der Waals surface area contributed by atoms with Gasteiger partial charge in [-0.15, -0.1) is 0 Å². The molecule has 1 heteroatoms. The molecular weight excluding hydrogens is 163 g/mol. The summed E-state index contributed by atoms with van der Waals surface area (Å²) in [5.74, 6) is 0.345. The Hall–Kier alpha value is -1.11. The molecule has 0 aliphatic rings. The van der Waals surface area contributed by atoms with E-state index in [9.17, 15) is 4.39 Å². The third-order valence-corrected chi connectivity index (χ3v) is 2.04. The van der Waals surface area contributed by atoms with Crippen molar-refractivity contribution in [3.8, 4) is 0 Å². The summed E-state index contributed by atoms with van der Waals surface area (Å²) in [4.78, 5) is 0. The highest BCUT2D eigenvalue weighted by atomic mass is 19.1. The average molecular weight is 177 g/mol. The number of allylic oxidation sites excluding steroid dienone is 1. The molecule has 1 radical (unpaired) electrons. The van der Waals surface area contributed by atoms with E-state index in [1.54, 1.807) is 6.08 Å². The van der Waals surface area contributed by atoms with Gasteiger partial charge in [-0.2, -0.15) is 0 Å². The maximum absolute atomic E-state index is 12.5. The molecule has 0 spiro atoms. The van der Waals surface area contributed by atoms with E-state index < -0.39 is 0 Å². The zero-order chi connectivity index (χ0) is 9.68. The van der Waals surface area contributed by atoms with Crippen molar-refractivity contribution < 1.29 is 4.39 Å². The van der Waals surface area contributed by atoms with E-state index in [1.165, 1.54) is 12.1 Å². The summed E-state index contributed by atoms with van der Waals surface area (Å²) in [7, 11) is 0. The molecule has 0 saturated heterocycles. The molecule has 1 rings (SSSR count). The first kappa shape index (κ1) is 9.97. The minimum atomic E-state index is -0.179. The minimum absolute atomic E-state index is 0.179. The highest BCUT2D eigenvalue weighted by molar-refractivity contribution is 5.16. The van der Waals surface area contributed by atoms with Gasteiger partial charge in [0.25, 0.3) is 0 Å². The zero-order valence-corrected chi connectivity index (χ0v) is 7.83. The van der Waals surface area contributed by atoms with Crippen molar-refractivity contribution in [1.29, 1.82) is 0 Å². The molecule has 0 bridgehead atoms. The first-order valence-electron chi connectivity index (χ1n) is 4.50. The summed E-state index contributed by atoms with van der Waals surface area (Å²) in [5, 5.41) is 0. The zero-order valence-electron chi connectivity index (χ0n) is 7.83. The van der Waals surface area contributed by atoms with Crippen LogP contribution in [-0.4, -0.2) is 0 Å². The van der Waals surface area contributed by atoms with Crippen LogP contribution in [0.4, 0.5) is 4.39 Å². The Morgan fingerprint density at radius 3 is 2.54 bits per heavy atom. The van der Waals surface area contributed by atoms with E-state index in [1.807, 2.05) is 12.1 Å². The standard InChI is InChI=1S/C12H14F/c1-3-4-10(2)9-11-5-7-12(13)8-6-11/h1,3,5-8,10H,4,9H2,2H3. The molecule has 0 aliphatic carbocycles. The van der Waals surface area contributed by atoms with E-state index in [0.29, 0.717) is 5.92 Å². The predicted octanol–water partition coefficient (Wildman–Crippen LogP) is 3.38. The van der Waals surface area contributed by atoms with Gasteiger partial charge >= 0.3 is 0 Å². The van der Waals surface area contributed by atoms with Gasteiger partial charge in [0.05, 0.1) is 0 Å². The minimum Gasteiger partial charge on any atom is -0.207 e. The van der Waals surface area contributed by atoms with Crippen LogP contribution in [-0.2, 0) is 6.42 Å². The van der Waals surface area contributed by atoms with Gasteiger partial charge < -0.3 is 0 Å². The summed E-state index contributed by atoms with van der Waals surface area (Å²) < 4.78 is 12.5. The molecule has 0 heterocycles. The monoisotopic (exact) mass is 177 g/mol. The fourth-order valence-electron chi connectivity index (χ4n) is 1.34. The first-order valence-corrected chi connectivity index (χ1v) is 4.50. The molecule has 0 saturated carbocycles. The highest BCUT2D eigenvalue weighted by Crippen LogP contribution is 2.12. The van der Waals surface area contributed by atoms with Crippen LogP contribution >= 0.6 is 0 Å². The second kappa shape index (κ2) is 4.80. The van der Waals surface area contributed by atoms with Gasteiger partial charge in [0.15, 0.2) is 0 Å². The Balaban J connectivity index is 2.53. The molecule has 1 aromatic carbocycles. The summed E-state index contributed by atoms with van der Waals surface area (Å²) >= 11 is 0. The summed E-state index contributed by atoms with van der Waals surface area (Å²) in [6.45, 7) is 7.45. The number of halogens is 1. The van der Waals surface area contributed by atoms with Crippen molar-refractivity contribution in [1.82, 2.24) is 0 Å². The molecule has 0 N–H and O–H groups in total. The van der Waals surface area contributed by atoms with E-state index in [-0.39, 0.29) is 5.82 Å². The van der Waals surface area contributed by atoms with Crippen LogP contribution in [0, 0.1) is 18.3 Å². The van der Waals surface area contributed by atoms with Crippen LogP contribution in [0.2, 0.25) is 0 Å². The normalized spacial score (nSPS) is 12.5. The fraction of sp³-hybridized carbons (Fsp3) is 0.333. The maximum atomic E-state index is 12.5. The Kier molecular flexibility index (Phi) is 3.69. The molecule has 0 fully saturated rings. The highest BCUT2D eigenvalue weighted by Gasteiger charge is 2.01. The number of hydrogen-bond acceptors (Lipinski definition) is 0. The van der Waals surface area contributed by atoms with Crippen molar-refractivity contribution in [2.75, 3.05) is 0 Å². The van der Waals surface area contributed by atoms with Gasteiger partial charge in [-0.05, 0) is 36.5 Å². The van der Waals surface area contributed by atoms with Gasteiger partial charge in [-0.25, -0.2) is 4.39 Å². The topological polar surface area (TPSA) is 0 Å². The van der Waals surface area contributed by atoms with Gasteiger partial charge in [0.1, 0.15) is 5.82 Å². The molecule has 69 valence electrons. The first-order chi connectivity index (χ1) is 6.22. The lowest BCUT2D eigenvalue weighted by molar-refractivity contribution is 0.586. The van der Waals surface area contributed by atoms with Crippen LogP contribution < -0.4 is 0 Å². The van der Waals surface area contributed by atoms with Crippen molar-refractivity contribution in [3.05, 3.63) is 48.3 Å². The summed E-state index contributed by atoms with van der Waals surface area (Å²) in [6.07, 6.45) is 3.53. The lowest BCUT2D eigenvalue weighted by Crippen LogP contribution is -1.97. The van der Waals surface area contributed by atoms with Gasteiger partial charge in [-0.3, -0.25) is 0 Å². The van der Waals surface area contributed by atoms with Crippen LogP contribution in [0.5, 0.6) is 0 Å². The molecule has 0 aromatic heterocycles. The predicted molar refractivity (Wildman–Crippen MR) is 52.8 cm³/mol. The second-order valence-electron chi connectivity index (χ2n) is 3.41. The molecule has 1 atom stereocenters. The number of hydrogen-bond donors (Lipinski definition) is 0. The maximum Gasteiger partial charge on any atom is 0.123 e. The lowest BCUT2D eigenvalue weighted by Gasteiger charge is -2.07. The molecule has 0 amide bonds. The molecule has 0 aliphatic heterocycles. The average Bonchev–Trinajstić information content (AvgIpc) is 2.09. The smallest absolute Gasteiger partial charge is 0.123 e. The molecule has 0 nitrogen and oxygen atoms in total. The van der Waals surface area contributed by atoms with E-state index >= 15 is 0 Å². The van der Waals surface area contributed by atoms with E-state index in [4.69, 9.17) is 6.58 Å². The summed E-state index contributed by atoms with van der Waals surface area (Å²) in [6, 6.07) is 6.63. The SMILES string of the molecule is [CH]=CCC(C)Cc1ccc(F)cc1. The number of benzene rings is 1. The van der Waals surface area contributed by atoms with Crippen molar-refractivity contribution >= 4 is 0 Å². The number of rotatable bonds is 4. The van der Waals surface area contributed by atoms with Crippen LogP contribution in [0.3, 0.4) is 0 Å². The molecule has 13 heavy (non-hydrogen) atoms. The van der Waals surface area contributed by atoms with Crippen LogP contribution in [0.15, 0.2) is 30.3 Å². The lowest BCUT2D eigenvalue weighted by atomic mass is 9.98. The largest absolute Gasteiger partial charge is 0.207 e. The summed E-state index contributed by atoms with van der Waals surface area (Å²) in [5.41, 5.74) is 1.16. The van der Waals surface area contributed by atoms with Crippen LogP contribution in [0.1, 0.15) is 18.9 Å². The molecule has 1 unspecified atom stereocenters. The van der Waals surface area contributed by atoms with Crippen molar-refractivity contribution in [2.45, 2.75) is 19.8 Å². The molecular formula is C12H14F. The van der Waals surface area contributed by atoms with Crippen molar-refractivity contribution in [2.24, 2.45) is 5.92 Å². The quantitative estimate of drug-likeness (QED) is 0.661. The Morgan fingerprint density at radius 2 is 2.00 bits per heavy atom. The van der Waals surface area contributed by atoms with Crippen LogP contribution in [0.25, 0.3) is 0 Å². The Morgan fingerprint density at radius 1 is 1.38 bits per heavy atom. The van der Waals surface area contributed by atoms with Gasteiger partial charge in [0.2, 0.25) is 0 Å². The van der Waals surface area contributed by atoms with E-state index in [0.717, 1.165) is 18.4 Å². The van der Waals surface area contributed by atoms with E-state index in [2.05, 4.69) is 6.92 Å². The van der Waals surface area contributed by atoms with Gasteiger partial charge in [-0.1, -0.05) is 31.7 Å². The van der Waals surface area contributed by atoms with Gasteiger partial charge in [0, 0.05) is 0 Å².